The number of hydrogen-bond acceptors (Lipinski definition) is 5. The van der Waals surface area contributed by atoms with Gasteiger partial charge in [-0.3, -0.25) is 4.79 Å². The number of carbonyl (C=O) groups excluding carboxylic acids is 1. The van der Waals surface area contributed by atoms with Crippen LogP contribution >= 0.6 is 0 Å². The molecule has 1 heterocycles. The summed E-state index contributed by atoms with van der Waals surface area (Å²) in [4.78, 5) is 23.2. The van der Waals surface area contributed by atoms with Gasteiger partial charge in [0.25, 0.3) is 5.91 Å². The van der Waals surface area contributed by atoms with E-state index in [9.17, 15) is 4.79 Å². The number of carbonyl (C=O) groups is 1. The van der Waals surface area contributed by atoms with E-state index < -0.39 is 0 Å². The lowest BCUT2D eigenvalue weighted by Crippen LogP contribution is -2.31. The second kappa shape index (κ2) is 8.78. The third kappa shape index (κ3) is 4.71. The predicted molar refractivity (Wildman–Crippen MR) is 109 cm³/mol. The Morgan fingerprint density at radius 3 is 2.61 bits per heavy atom. The Balaban J connectivity index is 1.81. The van der Waals surface area contributed by atoms with Crippen molar-refractivity contribution >= 4 is 17.4 Å². The van der Waals surface area contributed by atoms with Crippen molar-refractivity contribution in [2.24, 2.45) is 0 Å². The fourth-order valence-corrected chi connectivity index (χ4v) is 2.80. The zero-order chi connectivity index (χ0) is 19.9. The summed E-state index contributed by atoms with van der Waals surface area (Å²) < 4.78 is 0. The Kier molecular flexibility index (Phi) is 5.97. The van der Waals surface area contributed by atoms with Gasteiger partial charge in [-0.2, -0.15) is 5.26 Å². The maximum absolute atomic E-state index is 12.6. The zero-order valence-corrected chi connectivity index (χ0v) is 15.8. The molecule has 0 saturated heterocycles. The van der Waals surface area contributed by atoms with Gasteiger partial charge in [-0.05, 0) is 37.6 Å². The molecule has 0 unspecified atom stereocenters. The number of benzene rings is 2. The first-order chi connectivity index (χ1) is 13.6. The molecular weight excluding hydrogens is 350 g/mol. The molecule has 1 N–H and O–H groups in total. The van der Waals surface area contributed by atoms with E-state index in [1.165, 1.54) is 6.33 Å². The van der Waals surface area contributed by atoms with Crippen LogP contribution in [0.25, 0.3) is 0 Å². The van der Waals surface area contributed by atoms with Crippen LogP contribution in [-0.2, 0) is 6.54 Å². The molecule has 0 radical (unpaired) electrons. The number of anilines is 2. The summed E-state index contributed by atoms with van der Waals surface area (Å²) in [5.74, 6) is 0.340. The predicted octanol–water partition coefficient (Wildman–Crippen LogP) is 4.02. The van der Waals surface area contributed by atoms with E-state index in [2.05, 4.69) is 52.2 Å². The minimum Gasteiger partial charge on any atom is -0.350 e. The summed E-state index contributed by atoms with van der Waals surface area (Å²) in [6.07, 6.45) is 1.40. The van der Waals surface area contributed by atoms with Crippen molar-refractivity contribution in [3.8, 4) is 6.07 Å². The number of hydrogen-bond donors (Lipinski definition) is 1. The van der Waals surface area contributed by atoms with Crippen LogP contribution in [0.3, 0.4) is 0 Å². The smallest absolute Gasteiger partial charge is 0.274 e. The van der Waals surface area contributed by atoms with Crippen LogP contribution in [0.5, 0.6) is 0 Å². The third-order valence-corrected chi connectivity index (χ3v) is 4.25. The molecule has 3 rings (SSSR count). The molecule has 3 aromatic rings. The molecule has 0 fully saturated rings. The minimum atomic E-state index is -0.345. The van der Waals surface area contributed by atoms with Crippen LogP contribution in [0.15, 0.2) is 67.0 Å². The van der Waals surface area contributed by atoms with Gasteiger partial charge < -0.3 is 10.2 Å². The van der Waals surface area contributed by atoms with Gasteiger partial charge in [-0.15, -0.1) is 0 Å². The van der Waals surface area contributed by atoms with Gasteiger partial charge in [0.15, 0.2) is 0 Å². The van der Waals surface area contributed by atoms with Gasteiger partial charge in [0, 0.05) is 24.3 Å². The Morgan fingerprint density at radius 1 is 1.11 bits per heavy atom. The van der Waals surface area contributed by atoms with Crippen LogP contribution < -0.4 is 10.2 Å². The fraction of sp³-hybridized carbons (Fsp3) is 0.182. The molecule has 0 saturated carbocycles. The van der Waals surface area contributed by atoms with Crippen molar-refractivity contribution in [2.75, 3.05) is 10.2 Å². The van der Waals surface area contributed by atoms with E-state index in [0.29, 0.717) is 23.6 Å². The molecule has 28 heavy (non-hydrogen) atoms. The summed E-state index contributed by atoms with van der Waals surface area (Å²) in [6.45, 7) is 4.84. The number of aromatic nitrogens is 2. The SMILES string of the molecule is CC(C)N(Cc1ccccc1)c1cc(C(=O)Nc2cccc(C#N)c2)ncn1. The molecule has 0 aliphatic rings. The number of nitriles is 1. The van der Waals surface area contributed by atoms with Gasteiger partial charge in [0.1, 0.15) is 17.8 Å². The maximum Gasteiger partial charge on any atom is 0.274 e. The van der Waals surface area contributed by atoms with Gasteiger partial charge in [-0.25, -0.2) is 9.97 Å². The number of rotatable bonds is 6. The Bertz CT molecular complexity index is 995. The standard InChI is InChI=1S/C22H21N5O/c1-16(2)27(14-17-7-4-3-5-8-17)21-12-20(24-15-25-21)22(28)26-19-10-6-9-18(11-19)13-23/h3-12,15-16H,14H2,1-2H3,(H,26,28). The highest BCUT2D eigenvalue weighted by molar-refractivity contribution is 6.03. The largest absolute Gasteiger partial charge is 0.350 e. The Hall–Kier alpha value is -3.72. The first-order valence-electron chi connectivity index (χ1n) is 9.01. The second-order valence-corrected chi connectivity index (χ2v) is 6.62. The lowest BCUT2D eigenvalue weighted by Gasteiger charge is -2.28. The van der Waals surface area contributed by atoms with Gasteiger partial charge in [-0.1, -0.05) is 36.4 Å². The summed E-state index contributed by atoms with van der Waals surface area (Å²) in [7, 11) is 0. The van der Waals surface area contributed by atoms with Gasteiger partial charge in [0.2, 0.25) is 0 Å². The van der Waals surface area contributed by atoms with Crippen molar-refractivity contribution in [1.29, 1.82) is 5.26 Å². The first-order valence-corrected chi connectivity index (χ1v) is 9.01. The van der Waals surface area contributed by atoms with Crippen molar-refractivity contribution in [3.05, 3.63) is 83.8 Å². The lowest BCUT2D eigenvalue weighted by atomic mass is 10.2. The molecule has 6 nitrogen and oxygen atoms in total. The average Bonchev–Trinajstić information content (AvgIpc) is 2.72. The quantitative estimate of drug-likeness (QED) is 0.708. The first kappa shape index (κ1) is 19.1. The summed E-state index contributed by atoms with van der Waals surface area (Å²) in [5, 5.41) is 11.8. The monoisotopic (exact) mass is 371 g/mol. The summed E-state index contributed by atoms with van der Waals surface area (Å²) in [6, 6.07) is 20.8. The van der Waals surface area contributed by atoms with Crippen molar-refractivity contribution in [1.82, 2.24) is 9.97 Å². The molecular formula is C22H21N5O. The third-order valence-electron chi connectivity index (χ3n) is 4.25. The molecule has 6 heteroatoms. The van der Waals surface area contributed by atoms with E-state index in [1.807, 2.05) is 18.2 Å². The highest BCUT2D eigenvalue weighted by Crippen LogP contribution is 2.19. The molecule has 0 bridgehead atoms. The molecule has 1 aromatic heterocycles. The highest BCUT2D eigenvalue weighted by Gasteiger charge is 2.16. The van der Waals surface area contributed by atoms with Crippen LogP contribution in [0, 0.1) is 11.3 Å². The number of nitrogens with zero attached hydrogens (tertiary/aromatic N) is 4. The fourth-order valence-electron chi connectivity index (χ4n) is 2.80. The molecule has 0 atom stereocenters. The Morgan fingerprint density at radius 2 is 1.89 bits per heavy atom. The number of nitrogens with one attached hydrogen (secondary N) is 1. The molecule has 0 aliphatic carbocycles. The van der Waals surface area contributed by atoms with Gasteiger partial charge in [0.05, 0.1) is 11.6 Å². The molecule has 2 aromatic carbocycles. The van der Waals surface area contributed by atoms with Crippen LogP contribution in [0.4, 0.5) is 11.5 Å². The van der Waals surface area contributed by atoms with Crippen molar-refractivity contribution in [2.45, 2.75) is 26.4 Å². The molecule has 0 aliphatic heterocycles. The lowest BCUT2D eigenvalue weighted by molar-refractivity contribution is 0.102. The maximum atomic E-state index is 12.6. The van der Waals surface area contributed by atoms with E-state index in [1.54, 1.807) is 30.3 Å². The summed E-state index contributed by atoms with van der Waals surface area (Å²) >= 11 is 0. The van der Waals surface area contributed by atoms with E-state index in [-0.39, 0.29) is 17.6 Å². The van der Waals surface area contributed by atoms with Crippen LogP contribution in [0.2, 0.25) is 0 Å². The highest BCUT2D eigenvalue weighted by atomic mass is 16.1. The Labute approximate surface area is 164 Å². The van der Waals surface area contributed by atoms with E-state index in [4.69, 9.17) is 5.26 Å². The zero-order valence-electron chi connectivity index (χ0n) is 15.8. The van der Waals surface area contributed by atoms with Gasteiger partial charge >= 0.3 is 0 Å². The molecule has 1 amide bonds. The molecule has 140 valence electrons. The van der Waals surface area contributed by atoms with Crippen LogP contribution in [0.1, 0.15) is 35.5 Å². The number of amides is 1. The second-order valence-electron chi connectivity index (χ2n) is 6.62. The average molecular weight is 371 g/mol. The van der Waals surface area contributed by atoms with Crippen LogP contribution in [-0.4, -0.2) is 21.9 Å². The topological polar surface area (TPSA) is 81.9 Å². The minimum absolute atomic E-state index is 0.193. The van der Waals surface area contributed by atoms with E-state index in [0.717, 1.165) is 5.56 Å². The normalized spacial score (nSPS) is 10.4. The van der Waals surface area contributed by atoms with Crippen molar-refractivity contribution < 1.29 is 4.79 Å². The summed E-state index contributed by atoms with van der Waals surface area (Å²) in [5.41, 5.74) is 2.46. The molecule has 0 spiro atoms. The van der Waals surface area contributed by atoms with Crippen molar-refractivity contribution in [3.63, 3.8) is 0 Å². The van der Waals surface area contributed by atoms with E-state index >= 15 is 0 Å².